The van der Waals surface area contributed by atoms with Gasteiger partial charge in [0.15, 0.2) is 5.75 Å². The number of hydrogen-bond donors (Lipinski definition) is 1. The summed E-state index contributed by atoms with van der Waals surface area (Å²) >= 11 is 6.01. The van der Waals surface area contributed by atoms with Crippen LogP contribution < -0.4 is 10.3 Å². The predicted molar refractivity (Wildman–Crippen MR) is 101 cm³/mol. The van der Waals surface area contributed by atoms with E-state index in [2.05, 4.69) is 15.4 Å². The van der Waals surface area contributed by atoms with Crippen molar-refractivity contribution in [2.75, 3.05) is 6.61 Å². The Hall–Kier alpha value is -2.94. The number of rotatable bonds is 7. The third-order valence-electron chi connectivity index (χ3n) is 3.61. The molecule has 0 spiro atoms. The summed E-state index contributed by atoms with van der Waals surface area (Å²) < 4.78 is 43.7. The van der Waals surface area contributed by atoms with Crippen LogP contribution >= 0.6 is 11.6 Å². The zero-order chi connectivity index (χ0) is 21.4. The molecule has 6 nitrogen and oxygen atoms in total. The highest BCUT2D eigenvalue weighted by Gasteiger charge is 2.33. The molecular formula is C19H18ClF3N2O4. The normalized spacial score (nSPS) is 11.7. The van der Waals surface area contributed by atoms with Gasteiger partial charge in [-0.3, -0.25) is 0 Å². The Morgan fingerprint density at radius 2 is 1.93 bits per heavy atom. The van der Waals surface area contributed by atoms with Crippen LogP contribution in [0.4, 0.5) is 18.0 Å². The average Bonchev–Trinajstić information content (AvgIpc) is 2.67. The van der Waals surface area contributed by atoms with Crippen molar-refractivity contribution >= 4 is 23.4 Å². The van der Waals surface area contributed by atoms with Crippen LogP contribution in [-0.4, -0.2) is 18.4 Å². The molecule has 2 aromatic carbocycles. The number of oxime groups is 1. The van der Waals surface area contributed by atoms with E-state index in [4.69, 9.17) is 21.3 Å². The lowest BCUT2D eigenvalue weighted by atomic mass is 10.1. The number of ether oxygens (including phenoxy) is 1. The van der Waals surface area contributed by atoms with Gasteiger partial charge in [0, 0.05) is 11.1 Å². The molecule has 0 atom stereocenters. The Bertz CT molecular complexity index is 888. The standard InChI is InChI=1S/C19H18ClF3N2O4/c1-3-27-18(26)25-29-17-10-13(8-9-16(17)20)12(2)24-28-11-14-6-4-5-7-15(14)19(21,22)23/h4-10H,3,11H2,1-2H3,(H,25,26). The van der Waals surface area contributed by atoms with E-state index in [0.717, 1.165) is 6.07 Å². The number of halogens is 4. The van der Waals surface area contributed by atoms with E-state index in [0.29, 0.717) is 11.3 Å². The van der Waals surface area contributed by atoms with Crippen molar-refractivity contribution in [3.05, 3.63) is 64.2 Å². The fourth-order valence-electron chi connectivity index (χ4n) is 2.24. The number of amides is 1. The molecule has 2 aromatic rings. The molecule has 0 aliphatic heterocycles. The Balaban J connectivity index is 2.07. The molecule has 0 aliphatic rings. The van der Waals surface area contributed by atoms with E-state index in [9.17, 15) is 18.0 Å². The SMILES string of the molecule is CCOC(=O)NOc1cc(C(C)=NOCc2ccccc2C(F)(F)F)ccc1Cl. The molecule has 0 saturated carbocycles. The number of hydrogen-bond acceptors (Lipinski definition) is 5. The van der Waals surface area contributed by atoms with Crippen molar-refractivity contribution < 1.29 is 32.4 Å². The highest BCUT2D eigenvalue weighted by Crippen LogP contribution is 2.32. The van der Waals surface area contributed by atoms with Gasteiger partial charge in [0.05, 0.1) is 22.9 Å². The van der Waals surface area contributed by atoms with Crippen LogP contribution in [-0.2, 0) is 22.4 Å². The maximum Gasteiger partial charge on any atom is 0.440 e. The molecule has 1 amide bonds. The van der Waals surface area contributed by atoms with Gasteiger partial charge < -0.3 is 14.4 Å². The van der Waals surface area contributed by atoms with Gasteiger partial charge in [-0.25, -0.2) is 4.79 Å². The summed E-state index contributed by atoms with van der Waals surface area (Å²) in [5, 5.41) is 4.07. The first kappa shape index (κ1) is 22.4. The first-order valence-corrected chi connectivity index (χ1v) is 8.81. The maximum absolute atomic E-state index is 13.0. The molecule has 0 radical (unpaired) electrons. The highest BCUT2D eigenvalue weighted by molar-refractivity contribution is 6.32. The van der Waals surface area contributed by atoms with Gasteiger partial charge in [-0.1, -0.05) is 41.0 Å². The van der Waals surface area contributed by atoms with Crippen molar-refractivity contribution in [2.24, 2.45) is 5.16 Å². The van der Waals surface area contributed by atoms with Crippen molar-refractivity contribution in [3.63, 3.8) is 0 Å². The zero-order valence-corrected chi connectivity index (χ0v) is 16.3. The molecule has 1 N–H and O–H groups in total. The van der Waals surface area contributed by atoms with Gasteiger partial charge in [-0.15, -0.1) is 0 Å². The minimum Gasteiger partial charge on any atom is -0.448 e. The average molecular weight is 431 g/mol. The lowest BCUT2D eigenvalue weighted by Gasteiger charge is -2.12. The number of nitrogens with zero attached hydrogens (tertiary/aromatic N) is 1. The quantitative estimate of drug-likeness (QED) is 0.475. The topological polar surface area (TPSA) is 69.2 Å². The largest absolute Gasteiger partial charge is 0.448 e. The molecular weight excluding hydrogens is 413 g/mol. The minimum absolute atomic E-state index is 0.0321. The van der Waals surface area contributed by atoms with Gasteiger partial charge in [-0.2, -0.15) is 18.7 Å². The first-order valence-electron chi connectivity index (χ1n) is 8.43. The summed E-state index contributed by atoms with van der Waals surface area (Å²) in [6.07, 6.45) is -5.27. The Kier molecular flexibility index (Phi) is 7.72. The molecule has 0 aromatic heterocycles. The Labute approximate surface area is 170 Å². The van der Waals surface area contributed by atoms with Crippen LogP contribution in [0.2, 0.25) is 5.02 Å². The first-order chi connectivity index (χ1) is 13.7. The molecule has 0 saturated heterocycles. The van der Waals surface area contributed by atoms with E-state index in [-0.39, 0.29) is 29.5 Å². The zero-order valence-electron chi connectivity index (χ0n) is 15.5. The van der Waals surface area contributed by atoms with E-state index in [1.807, 2.05) is 0 Å². The minimum atomic E-state index is -4.48. The van der Waals surface area contributed by atoms with E-state index < -0.39 is 17.8 Å². The molecule has 29 heavy (non-hydrogen) atoms. The van der Waals surface area contributed by atoms with Crippen LogP contribution in [0.3, 0.4) is 0 Å². The fraction of sp³-hybridized carbons (Fsp3) is 0.263. The second-order valence-corrected chi connectivity index (χ2v) is 6.08. The van der Waals surface area contributed by atoms with Gasteiger partial charge >= 0.3 is 12.3 Å². The monoisotopic (exact) mass is 430 g/mol. The van der Waals surface area contributed by atoms with Crippen molar-refractivity contribution in [3.8, 4) is 5.75 Å². The Morgan fingerprint density at radius 3 is 2.62 bits per heavy atom. The number of alkyl halides is 3. The van der Waals surface area contributed by atoms with E-state index in [1.165, 1.54) is 30.3 Å². The predicted octanol–water partition coefficient (Wildman–Crippen LogP) is 5.34. The molecule has 0 bridgehead atoms. The molecule has 2 rings (SSSR count). The molecule has 0 fully saturated rings. The van der Waals surface area contributed by atoms with Crippen LogP contribution in [0, 0.1) is 0 Å². The maximum atomic E-state index is 13.0. The van der Waals surface area contributed by atoms with Crippen molar-refractivity contribution in [2.45, 2.75) is 26.6 Å². The van der Waals surface area contributed by atoms with E-state index >= 15 is 0 Å². The van der Waals surface area contributed by atoms with Gasteiger partial charge in [-0.05, 0) is 32.0 Å². The summed E-state index contributed by atoms with van der Waals surface area (Å²) in [5.74, 6) is 0.134. The summed E-state index contributed by atoms with van der Waals surface area (Å²) in [6.45, 7) is 3.06. The molecule has 156 valence electrons. The second-order valence-electron chi connectivity index (χ2n) is 5.67. The molecule has 0 unspecified atom stereocenters. The van der Waals surface area contributed by atoms with Crippen LogP contribution in [0.5, 0.6) is 5.75 Å². The van der Waals surface area contributed by atoms with Crippen molar-refractivity contribution in [1.82, 2.24) is 5.48 Å². The molecule has 10 heteroatoms. The molecule has 0 aliphatic carbocycles. The van der Waals surface area contributed by atoms with Gasteiger partial charge in [0.1, 0.15) is 6.61 Å². The summed E-state index contributed by atoms with van der Waals surface area (Å²) in [7, 11) is 0. The van der Waals surface area contributed by atoms with Crippen LogP contribution in [0.1, 0.15) is 30.5 Å². The Morgan fingerprint density at radius 1 is 1.21 bits per heavy atom. The smallest absolute Gasteiger partial charge is 0.440 e. The van der Waals surface area contributed by atoms with E-state index in [1.54, 1.807) is 19.9 Å². The lowest BCUT2D eigenvalue weighted by molar-refractivity contribution is -0.138. The van der Waals surface area contributed by atoms with Gasteiger partial charge in [0.2, 0.25) is 0 Å². The van der Waals surface area contributed by atoms with Crippen LogP contribution in [0.25, 0.3) is 0 Å². The highest BCUT2D eigenvalue weighted by atomic mass is 35.5. The number of hydroxylamine groups is 1. The number of nitrogens with one attached hydrogen (secondary N) is 1. The number of carbonyl (C=O) groups excluding carboxylic acids is 1. The number of benzene rings is 2. The van der Waals surface area contributed by atoms with Crippen LogP contribution in [0.15, 0.2) is 47.6 Å². The third kappa shape index (κ3) is 6.56. The summed E-state index contributed by atoms with van der Waals surface area (Å²) in [4.78, 5) is 21.5. The second kappa shape index (κ2) is 10.0. The number of carbonyl (C=O) groups is 1. The third-order valence-corrected chi connectivity index (χ3v) is 3.93. The fourth-order valence-corrected chi connectivity index (χ4v) is 2.39. The van der Waals surface area contributed by atoms with Gasteiger partial charge in [0.25, 0.3) is 0 Å². The molecule has 0 heterocycles. The van der Waals surface area contributed by atoms with Crippen molar-refractivity contribution in [1.29, 1.82) is 0 Å². The summed E-state index contributed by atoms with van der Waals surface area (Å²) in [5.41, 5.74) is 2.15. The lowest BCUT2D eigenvalue weighted by Crippen LogP contribution is -2.27. The summed E-state index contributed by atoms with van der Waals surface area (Å²) in [6, 6.07) is 9.71.